The Balaban J connectivity index is 3.76. The second-order valence-corrected chi connectivity index (χ2v) is 2.03. The van der Waals surface area contributed by atoms with Crippen molar-refractivity contribution in [2.75, 3.05) is 6.26 Å². The van der Waals surface area contributed by atoms with Gasteiger partial charge in [-0.2, -0.15) is 5.26 Å². The van der Waals surface area contributed by atoms with Gasteiger partial charge in [-0.1, -0.05) is 0 Å². The number of thioether (sulfide) groups is 1. The van der Waals surface area contributed by atoms with E-state index >= 15 is 0 Å². The van der Waals surface area contributed by atoms with Gasteiger partial charge < -0.3 is 5.11 Å². The zero-order valence-corrected chi connectivity index (χ0v) is 5.10. The Morgan fingerprint density at radius 1 is 2.00 bits per heavy atom. The molecule has 1 N–H and O–H groups in total. The summed E-state index contributed by atoms with van der Waals surface area (Å²) in [7, 11) is 0. The molecule has 0 aromatic heterocycles. The van der Waals surface area contributed by atoms with Crippen LogP contribution in [0, 0.1) is 11.3 Å². The highest BCUT2D eigenvalue weighted by atomic mass is 32.2. The van der Waals surface area contributed by atoms with E-state index in [2.05, 4.69) is 0 Å². The Morgan fingerprint density at radius 2 is 2.50 bits per heavy atom. The molecular weight excluding hydrogens is 126 g/mol. The van der Waals surface area contributed by atoms with Gasteiger partial charge in [-0.3, -0.25) is 0 Å². The van der Waals surface area contributed by atoms with Gasteiger partial charge >= 0.3 is 5.97 Å². The molecule has 0 aromatic rings. The van der Waals surface area contributed by atoms with Crippen LogP contribution >= 0.6 is 11.8 Å². The molecule has 1 unspecified atom stereocenters. The highest BCUT2D eigenvalue weighted by molar-refractivity contribution is 8.00. The van der Waals surface area contributed by atoms with Crippen molar-refractivity contribution in [3.8, 4) is 6.07 Å². The molecule has 0 bridgehead atoms. The molecule has 0 aliphatic carbocycles. The Morgan fingerprint density at radius 3 is 2.50 bits per heavy atom. The second kappa shape index (κ2) is 3.33. The summed E-state index contributed by atoms with van der Waals surface area (Å²) < 4.78 is 0. The summed E-state index contributed by atoms with van der Waals surface area (Å²) >= 11 is 1.02. The van der Waals surface area contributed by atoms with Crippen molar-refractivity contribution in [1.82, 2.24) is 0 Å². The average Bonchev–Trinajstić information content (AvgIpc) is 1.69. The van der Waals surface area contributed by atoms with Gasteiger partial charge in [0, 0.05) is 0 Å². The fourth-order valence-electron chi connectivity index (χ4n) is 0.209. The van der Waals surface area contributed by atoms with Crippen LogP contribution in [0.3, 0.4) is 0 Å². The second-order valence-electron chi connectivity index (χ2n) is 1.08. The lowest BCUT2D eigenvalue weighted by Crippen LogP contribution is -2.12. The molecule has 8 heavy (non-hydrogen) atoms. The van der Waals surface area contributed by atoms with Gasteiger partial charge in [-0.25, -0.2) is 4.79 Å². The SMILES string of the molecule is CSC(C#N)C(=O)O. The van der Waals surface area contributed by atoms with Crippen molar-refractivity contribution >= 4 is 17.7 Å². The van der Waals surface area contributed by atoms with E-state index in [1.165, 1.54) is 0 Å². The van der Waals surface area contributed by atoms with Crippen molar-refractivity contribution in [2.45, 2.75) is 5.25 Å². The molecule has 0 saturated carbocycles. The number of carboxylic acid groups (broad SMARTS) is 1. The van der Waals surface area contributed by atoms with E-state index in [9.17, 15) is 4.79 Å². The molecule has 4 heteroatoms. The number of hydrogen-bond acceptors (Lipinski definition) is 3. The van der Waals surface area contributed by atoms with Crippen LogP contribution in [0.2, 0.25) is 0 Å². The van der Waals surface area contributed by atoms with Crippen molar-refractivity contribution < 1.29 is 9.90 Å². The highest BCUT2D eigenvalue weighted by Crippen LogP contribution is 2.03. The van der Waals surface area contributed by atoms with E-state index < -0.39 is 11.2 Å². The summed E-state index contributed by atoms with van der Waals surface area (Å²) in [6, 6.07) is 1.61. The van der Waals surface area contributed by atoms with Gasteiger partial charge in [0.15, 0.2) is 5.25 Å². The smallest absolute Gasteiger partial charge is 0.331 e. The number of rotatable bonds is 2. The van der Waals surface area contributed by atoms with E-state index in [0.29, 0.717) is 0 Å². The van der Waals surface area contributed by atoms with Crippen LogP contribution in [0.25, 0.3) is 0 Å². The molecule has 0 heterocycles. The molecule has 0 rings (SSSR count). The number of carboxylic acids is 1. The van der Waals surface area contributed by atoms with Crippen LogP contribution < -0.4 is 0 Å². The number of nitriles is 1. The summed E-state index contributed by atoms with van der Waals surface area (Å²) in [6.45, 7) is 0. The van der Waals surface area contributed by atoms with Gasteiger partial charge in [0.2, 0.25) is 0 Å². The summed E-state index contributed by atoms with van der Waals surface area (Å²) in [5.74, 6) is -1.07. The summed E-state index contributed by atoms with van der Waals surface area (Å²) in [4.78, 5) is 9.92. The quantitative estimate of drug-likeness (QED) is 0.586. The minimum Gasteiger partial charge on any atom is -0.480 e. The van der Waals surface area contributed by atoms with E-state index in [1.807, 2.05) is 0 Å². The van der Waals surface area contributed by atoms with Gasteiger partial charge in [-0.15, -0.1) is 11.8 Å². The maximum absolute atomic E-state index is 9.92. The van der Waals surface area contributed by atoms with E-state index in [4.69, 9.17) is 10.4 Å². The minimum absolute atomic E-state index is 0.907. The van der Waals surface area contributed by atoms with Crippen LogP contribution in [0.15, 0.2) is 0 Å². The molecule has 0 fully saturated rings. The van der Waals surface area contributed by atoms with Gasteiger partial charge in [0.1, 0.15) is 0 Å². The highest BCUT2D eigenvalue weighted by Gasteiger charge is 2.12. The number of carbonyl (C=O) groups is 1. The third kappa shape index (κ3) is 1.85. The van der Waals surface area contributed by atoms with Crippen molar-refractivity contribution in [3.05, 3.63) is 0 Å². The molecule has 0 aliphatic rings. The average molecular weight is 131 g/mol. The fourth-order valence-corrected chi connectivity index (χ4v) is 0.516. The van der Waals surface area contributed by atoms with E-state index in [0.717, 1.165) is 11.8 Å². The molecule has 0 amide bonds. The maximum Gasteiger partial charge on any atom is 0.331 e. The molecule has 3 nitrogen and oxygen atoms in total. The van der Waals surface area contributed by atoms with Crippen molar-refractivity contribution in [2.24, 2.45) is 0 Å². The molecule has 0 aliphatic heterocycles. The molecule has 0 spiro atoms. The van der Waals surface area contributed by atoms with E-state index in [-0.39, 0.29) is 0 Å². The molecule has 0 saturated heterocycles. The first kappa shape index (κ1) is 7.31. The Labute approximate surface area is 51.3 Å². The summed E-state index contributed by atoms with van der Waals surface area (Å²) in [5.41, 5.74) is 0. The fraction of sp³-hybridized carbons (Fsp3) is 0.500. The minimum atomic E-state index is -1.07. The topological polar surface area (TPSA) is 61.1 Å². The van der Waals surface area contributed by atoms with Gasteiger partial charge in [0.25, 0.3) is 0 Å². The summed E-state index contributed by atoms with van der Waals surface area (Å²) in [5, 5.41) is 15.3. The third-order valence-corrected chi connectivity index (χ3v) is 1.36. The lowest BCUT2D eigenvalue weighted by atomic mass is 10.5. The first-order chi connectivity index (χ1) is 3.72. The maximum atomic E-state index is 9.92. The molecule has 1 atom stereocenters. The van der Waals surface area contributed by atoms with Crippen LogP contribution in [-0.2, 0) is 4.79 Å². The zero-order valence-electron chi connectivity index (χ0n) is 4.29. The van der Waals surface area contributed by atoms with E-state index in [1.54, 1.807) is 12.3 Å². The largest absolute Gasteiger partial charge is 0.480 e. The first-order valence-corrected chi connectivity index (χ1v) is 3.16. The Bertz CT molecular complexity index is 128. The number of hydrogen-bond donors (Lipinski definition) is 1. The lowest BCUT2D eigenvalue weighted by Gasteiger charge is -1.93. The molecule has 44 valence electrons. The van der Waals surface area contributed by atoms with Crippen LogP contribution in [0.1, 0.15) is 0 Å². The van der Waals surface area contributed by atoms with Crippen molar-refractivity contribution in [3.63, 3.8) is 0 Å². The lowest BCUT2D eigenvalue weighted by molar-refractivity contribution is -0.135. The normalized spacial score (nSPS) is 12.0. The molecule has 0 aromatic carbocycles. The number of nitrogens with zero attached hydrogens (tertiary/aromatic N) is 1. The predicted octanol–water partition coefficient (Wildman–Crippen LogP) is 0.326. The summed E-state index contributed by atoms with van der Waals surface area (Å²) in [6.07, 6.45) is 1.59. The number of aliphatic carboxylic acids is 1. The van der Waals surface area contributed by atoms with Crippen molar-refractivity contribution in [1.29, 1.82) is 5.26 Å². The molecule has 0 radical (unpaired) electrons. The zero-order chi connectivity index (χ0) is 6.57. The van der Waals surface area contributed by atoms with Gasteiger partial charge in [0.05, 0.1) is 6.07 Å². The first-order valence-electron chi connectivity index (χ1n) is 1.87. The van der Waals surface area contributed by atoms with Crippen LogP contribution in [0.5, 0.6) is 0 Å². The van der Waals surface area contributed by atoms with Crippen LogP contribution in [0.4, 0.5) is 0 Å². The molecular formula is C4H5NO2S. The Hall–Kier alpha value is -0.690. The van der Waals surface area contributed by atoms with Gasteiger partial charge in [-0.05, 0) is 6.26 Å². The van der Waals surface area contributed by atoms with Crippen LogP contribution in [-0.4, -0.2) is 22.6 Å². The Kier molecular flexibility index (Phi) is 3.04. The third-order valence-electron chi connectivity index (χ3n) is 0.577. The monoisotopic (exact) mass is 131 g/mol. The predicted molar refractivity (Wildman–Crippen MR) is 30.6 cm³/mol. The standard InChI is InChI=1S/C4H5NO2S/c1-8-3(2-5)4(6)7/h3H,1H3,(H,6,7).